The van der Waals surface area contributed by atoms with E-state index < -0.39 is 11.2 Å². The lowest BCUT2D eigenvalue weighted by Gasteiger charge is -2.08. The number of carbonyl (C=O) groups is 1. The SMILES string of the molecule is Cn1c(=O)c2c(nc(Sc3ccc(NC(=O)Nc4cccc(Cl)c4)cc3)n2C)n(C)c1=O. The van der Waals surface area contributed by atoms with Gasteiger partial charge in [0.15, 0.2) is 16.3 Å². The third-order valence-corrected chi connectivity index (χ3v) is 6.13. The number of amides is 2. The van der Waals surface area contributed by atoms with E-state index in [-0.39, 0.29) is 6.03 Å². The van der Waals surface area contributed by atoms with Crippen LogP contribution in [0.5, 0.6) is 0 Å². The highest BCUT2D eigenvalue weighted by atomic mass is 35.5. The van der Waals surface area contributed by atoms with Crippen LogP contribution in [0.15, 0.2) is 68.2 Å². The highest BCUT2D eigenvalue weighted by molar-refractivity contribution is 7.99. The first-order chi connectivity index (χ1) is 15.2. The Balaban J connectivity index is 1.51. The molecule has 164 valence electrons. The highest BCUT2D eigenvalue weighted by Crippen LogP contribution is 2.29. The fourth-order valence-electron chi connectivity index (χ4n) is 3.16. The van der Waals surface area contributed by atoms with Crippen molar-refractivity contribution in [3.8, 4) is 0 Å². The molecule has 0 unspecified atom stereocenters. The van der Waals surface area contributed by atoms with E-state index in [0.717, 1.165) is 9.46 Å². The number of nitrogens with zero attached hydrogens (tertiary/aromatic N) is 4. The fraction of sp³-hybridized carbons (Fsp3) is 0.143. The van der Waals surface area contributed by atoms with Crippen LogP contribution in [0.4, 0.5) is 16.2 Å². The standard InChI is InChI=1S/C21H19ClN6O3S/c1-26-16-17(27(2)21(31)28(3)18(16)29)25-20(26)32-15-9-7-13(8-10-15)23-19(30)24-14-6-4-5-12(22)11-14/h4-11H,1-3H3,(H2,23,24,30). The predicted octanol–water partition coefficient (Wildman–Crippen LogP) is 3.42. The molecule has 0 aliphatic heterocycles. The first-order valence-corrected chi connectivity index (χ1v) is 10.7. The monoisotopic (exact) mass is 470 g/mol. The topological polar surface area (TPSA) is 103 Å². The number of aromatic nitrogens is 4. The van der Waals surface area contributed by atoms with Crippen LogP contribution in [-0.2, 0) is 21.1 Å². The van der Waals surface area contributed by atoms with E-state index in [4.69, 9.17) is 11.6 Å². The minimum absolute atomic E-state index is 0.332. The molecule has 2 aromatic heterocycles. The number of carbonyl (C=O) groups excluding carboxylic acids is 1. The first-order valence-electron chi connectivity index (χ1n) is 9.48. The number of anilines is 2. The number of nitrogens with one attached hydrogen (secondary N) is 2. The van der Waals surface area contributed by atoms with Crippen LogP contribution >= 0.6 is 23.4 Å². The summed E-state index contributed by atoms with van der Waals surface area (Å²) in [6.07, 6.45) is 0. The van der Waals surface area contributed by atoms with Crippen molar-refractivity contribution >= 4 is 51.9 Å². The van der Waals surface area contributed by atoms with Crippen molar-refractivity contribution in [2.75, 3.05) is 10.6 Å². The molecule has 2 N–H and O–H groups in total. The lowest BCUT2D eigenvalue weighted by Crippen LogP contribution is -2.37. The molecule has 0 saturated heterocycles. The quantitative estimate of drug-likeness (QED) is 0.475. The molecule has 4 aromatic rings. The van der Waals surface area contributed by atoms with Crippen molar-refractivity contribution in [1.29, 1.82) is 0 Å². The lowest BCUT2D eigenvalue weighted by atomic mass is 10.3. The number of imidazole rings is 1. The maximum Gasteiger partial charge on any atom is 0.332 e. The van der Waals surface area contributed by atoms with E-state index in [0.29, 0.717) is 32.7 Å². The Morgan fingerprint density at radius 1 is 0.938 bits per heavy atom. The maximum atomic E-state index is 12.5. The number of rotatable bonds is 4. The summed E-state index contributed by atoms with van der Waals surface area (Å²) >= 11 is 7.27. The van der Waals surface area contributed by atoms with Gasteiger partial charge in [-0.15, -0.1) is 0 Å². The van der Waals surface area contributed by atoms with Crippen LogP contribution in [0.2, 0.25) is 5.02 Å². The second-order valence-corrected chi connectivity index (χ2v) is 8.52. The molecule has 0 aliphatic carbocycles. The van der Waals surface area contributed by atoms with Crippen molar-refractivity contribution in [2.45, 2.75) is 10.1 Å². The van der Waals surface area contributed by atoms with Crippen molar-refractivity contribution in [3.05, 3.63) is 74.4 Å². The number of fused-ring (bicyclic) bond motifs is 1. The molecule has 0 radical (unpaired) electrons. The Bertz CT molecular complexity index is 1460. The Hall–Kier alpha value is -3.50. The molecule has 0 spiro atoms. The first kappa shape index (κ1) is 21.7. The van der Waals surface area contributed by atoms with Gasteiger partial charge in [-0.05, 0) is 42.5 Å². The third kappa shape index (κ3) is 4.14. The molecular weight excluding hydrogens is 452 g/mol. The largest absolute Gasteiger partial charge is 0.332 e. The molecule has 2 heterocycles. The smallest absolute Gasteiger partial charge is 0.316 e. The van der Waals surface area contributed by atoms with Gasteiger partial charge in [0.2, 0.25) is 0 Å². The van der Waals surface area contributed by atoms with E-state index in [1.165, 1.54) is 23.4 Å². The molecule has 0 saturated carbocycles. The number of halogens is 1. The Labute approximate surface area is 191 Å². The Kier molecular flexibility index (Phi) is 5.81. The van der Waals surface area contributed by atoms with Crippen molar-refractivity contribution in [2.24, 2.45) is 21.1 Å². The van der Waals surface area contributed by atoms with E-state index >= 15 is 0 Å². The normalized spacial score (nSPS) is 11.0. The van der Waals surface area contributed by atoms with Crippen LogP contribution in [0.1, 0.15) is 0 Å². The summed E-state index contributed by atoms with van der Waals surface area (Å²) in [7, 11) is 4.76. The van der Waals surface area contributed by atoms with Crippen molar-refractivity contribution < 1.29 is 4.79 Å². The number of benzene rings is 2. The number of urea groups is 1. The minimum atomic E-state index is -0.427. The summed E-state index contributed by atoms with van der Waals surface area (Å²) in [6, 6.07) is 13.7. The van der Waals surface area contributed by atoms with Gasteiger partial charge in [0.1, 0.15) is 0 Å². The summed E-state index contributed by atoms with van der Waals surface area (Å²) in [5, 5.41) is 6.57. The summed E-state index contributed by atoms with van der Waals surface area (Å²) in [5.74, 6) is 0. The second kappa shape index (κ2) is 8.56. The van der Waals surface area contributed by atoms with E-state index in [9.17, 15) is 14.4 Å². The second-order valence-electron chi connectivity index (χ2n) is 7.05. The van der Waals surface area contributed by atoms with Gasteiger partial charge in [-0.25, -0.2) is 14.6 Å². The summed E-state index contributed by atoms with van der Waals surface area (Å²) in [5.41, 5.74) is 1.06. The molecule has 0 bridgehead atoms. The molecule has 32 heavy (non-hydrogen) atoms. The molecule has 0 atom stereocenters. The third-order valence-electron chi connectivity index (χ3n) is 4.84. The fourth-order valence-corrected chi connectivity index (χ4v) is 4.19. The molecule has 11 heteroatoms. The minimum Gasteiger partial charge on any atom is -0.316 e. The van der Waals surface area contributed by atoms with Gasteiger partial charge in [0, 0.05) is 42.4 Å². The van der Waals surface area contributed by atoms with Crippen molar-refractivity contribution in [3.63, 3.8) is 0 Å². The zero-order chi connectivity index (χ0) is 23.0. The molecule has 0 fully saturated rings. The van der Waals surface area contributed by atoms with E-state index in [1.54, 1.807) is 55.1 Å². The van der Waals surface area contributed by atoms with Crippen LogP contribution in [-0.4, -0.2) is 24.7 Å². The van der Waals surface area contributed by atoms with E-state index in [2.05, 4.69) is 15.6 Å². The highest BCUT2D eigenvalue weighted by Gasteiger charge is 2.17. The van der Waals surface area contributed by atoms with Gasteiger partial charge in [-0.3, -0.25) is 13.9 Å². The van der Waals surface area contributed by atoms with Crippen LogP contribution in [0.3, 0.4) is 0 Å². The van der Waals surface area contributed by atoms with Crippen LogP contribution < -0.4 is 21.9 Å². The number of hydrogen-bond donors (Lipinski definition) is 2. The molecule has 2 aromatic carbocycles. The van der Waals surface area contributed by atoms with Crippen molar-refractivity contribution in [1.82, 2.24) is 18.7 Å². The van der Waals surface area contributed by atoms with Gasteiger partial charge < -0.3 is 15.2 Å². The average Bonchev–Trinajstić information content (AvgIpc) is 3.08. The van der Waals surface area contributed by atoms with Gasteiger partial charge in [-0.1, -0.05) is 29.4 Å². The van der Waals surface area contributed by atoms with Crippen LogP contribution in [0.25, 0.3) is 11.2 Å². The molecular formula is C21H19ClN6O3S. The van der Waals surface area contributed by atoms with Gasteiger partial charge in [0.05, 0.1) is 0 Å². The predicted molar refractivity (Wildman–Crippen MR) is 126 cm³/mol. The Morgan fingerprint density at radius 2 is 1.62 bits per heavy atom. The van der Waals surface area contributed by atoms with Gasteiger partial charge in [-0.2, -0.15) is 0 Å². The maximum absolute atomic E-state index is 12.5. The van der Waals surface area contributed by atoms with Gasteiger partial charge in [0.25, 0.3) is 5.56 Å². The number of aryl methyl sites for hydroxylation is 2. The zero-order valence-corrected chi connectivity index (χ0v) is 19.0. The van der Waals surface area contributed by atoms with E-state index in [1.807, 2.05) is 12.1 Å². The summed E-state index contributed by atoms with van der Waals surface area (Å²) < 4.78 is 4.09. The number of hydrogen-bond acceptors (Lipinski definition) is 5. The summed E-state index contributed by atoms with van der Waals surface area (Å²) in [4.78, 5) is 42.2. The Morgan fingerprint density at radius 3 is 2.31 bits per heavy atom. The lowest BCUT2D eigenvalue weighted by molar-refractivity contribution is 0.262. The van der Waals surface area contributed by atoms with Gasteiger partial charge >= 0.3 is 11.7 Å². The van der Waals surface area contributed by atoms with Crippen LogP contribution in [0, 0.1) is 0 Å². The molecule has 9 nitrogen and oxygen atoms in total. The zero-order valence-electron chi connectivity index (χ0n) is 17.4. The average molecular weight is 471 g/mol. The molecule has 2 amide bonds. The molecule has 4 rings (SSSR count). The summed E-state index contributed by atoms with van der Waals surface area (Å²) in [6.45, 7) is 0. The molecule has 0 aliphatic rings.